The third-order valence-electron chi connectivity index (χ3n) is 4.34. The highest BCUT2D eigenvalue weighted by molar-refractivity contribution is 5.91. The molecule has 0 radical (unpaired) electrons. The van der Waals surface area contributed by atoms with Gasteiger partial charge in [0, 0.05) is 12.0 Å². The van der Waals surface area contributed by atoms with Gasteiger partial charge in [-0.15, -0.1) is 0 Å². The summed E-state index contributed by atoms with van der Waals surface area (Å²) in [7, 11) is 0. The first-order valence-corrected chi connectivity index (χ1v) is 7.26. The largest absolute Gasteiger partial charge is 0.380 e. The molecular weight excluding hydrogens is 256 g/mol. The van der Waals surface area contributed by atoms with Crippen LogP contribution in [0.2, 0.25) is 0 Å². The van der Waals surface area contributed by atoms with E-state index in [1.807, 2.05) is 42.5 Å². The molecule has 1 aliphatic rings. The summed E-state index contributed by atoms with van der Waals surface area (Å²) in [5, 5.41) is 13.7. The first kappa shape index (κ1) is 12.4. The van der Waals surface area contributed by atoms with Crippen molar-refractivity contribution in [3.8, 4) is 0 Å². The molecule has 4 rings (SSSR count). The van der Waals surface area contributed by atoms with E-state index >= 15 is 0 Å². The predicted molar refractivity (Wildman–Crippen MR) is 87.0 cm³/mol. The molecule has 1 N–H and O–H groups in total. The highest BCUT2D eigenvalue weighted by Crippen LogP contribution is 2.42. The minimum atomic E-state index is -0.952. The van der Waals surface area contributed by atoms with Gasteiger partial charge in [0.25, 0.3) is 0 Å². The third kappa shape index (κ3) is 1.82. The summed E-state index contributed by atoms with van der Waals surface area (Å²) < 4.78 is 0. The second-order valence-corrected chi connectivity index (χ2v) is 5.58. The minimum absolute atomic E-state index is 0.609. The molecule has 0 aliphatic heterocycles. The minimum Gasteiger partial charge on any atom is -0.380 e. The van der Waals surface area contributed by atoms with Crippen LogP contribution in [0.4, 0.5) is 0 Å². The third-order valence-corrected chi connectivity index (χ3v) is 4.34. The van der Waals surface area contributed by atoms with Gasteiger partial charge in [0.1, 0.15) is 5.60 Å². The molecule has 102 valence electrons. The summed E-state index contributed by atoms with van der Waals surface area (Å²) in [6, 6.07) is 22.4. The predicted octanol–water partition coefficient (Wildman–Crippen LogP) is 4.49. The first-order valence-electron chi connectivity index (χ1n) is 7.26. The SMILES string of the molecule is OC1(c2ccccc2)CC=Cc2ccc3ccccc3c21. The molecule has 1 atom stereocenters. The van der Waals surface area contributed by atoms with Gasteiger partial charge in [0.15, 0.2) is 0 Å². The van der Waals surface area contributed by atoms with E-state index in [1.165, 1.54) is 5.39 Å². The number of hydrogen-bond acceptors (Lipinski definition) is 1. The van der Waals surface area contributed by atoms with Gasteiger partial charge in [-0.25, -0.2) is 0 Å². The molecule has 3 aromatic carbocycles. The first-order chi connectivity index (χ1) is 10.3. The van der Waals surface area contributed by atoms with Crippen molar-refractivity contribution >= 4 is 16.8 Å². The zero-order chi connectivity index (χ0) is 14.3. The van der Waals surface area contributed by atoms with Crippen LogP contribution in [0.1, 0.15) is 23.1 Å². The number of rotatable bonds is 1. The topological polar surface area (TPSA) is 20.2 Å². The van der Waals surface area contributed by atoms with Crippen LogP contribution in [-0.2, 0) is 5.60 Å². The van der Waals surface area contributed by atoms with Crippen molar-refractivity contribution in [3.63, 3.8) is 0 Å². The lowest BCUT2D eigenvalue weighted by molar-refractivity contribution is 0.0844. The number of hydrogen-bond donors (Lipinski definition) is 1. The zero-order valence-electron chi connectivity index (χ0n) is 11.7. The van der Waals surface area contributed by atoms with Crippen molar-refractivity contribution < 1.29 is 5.11 Å². The molecule has 0 amide bonds. The lowest BCUT2D eigenvalue weighted by Crippen LogP contribution is -2.29. The second-order valence-electron chi connectivity index (χ2n) is 5.58. The lowest BCUT2D eigenvalue weighted by atomic mass is 9.76. The Kier molecular flexibility index (Phi) is 2.69. The van der Waals surface area contributed by atoms with Gasteiger partial charge in [-0.2, -0.15) is 0 Å². The molecule has 0 saturated heterocycles. The summed E-state index contributed by atoms with van der Waals surface area (Å²) in [5.41, 5.74) is 2.12. The summed E-state index contributed by atoms with van der Waals surface area (Å²) in [5.74, 6) is 0. The Labute approximate surface area is 124 Å². The van der Waals surface area contributed by atoms with Crippen LogP contribution in [0.25, 0.3) is 16.8 Å². The van der Waals surface area contributed by atoms with Gasteiger partial charge < -0.3 is 5.11 Å². The van der Waals surface area contributed by atoms with E-state index in [9.17, 15) is 5.11 Å². The maximum atomic E-state index is 11.4. The van der Waals surface area contributed by atoms with E-state index in [-0.39, 0.29) is 0 Å². The summed E-state index contributed by atoms with van der Waals surface area (Å²) in [4.78, 5) is 0. The highest BCUT2D eigenvalue weighted by atomic mass is 16.3. The monoisotopic (exact) mass is 272 g/mol. The molecule has 1 unspecified atom stereocenters. The molecule has 1 aliphatic carbocycles. The fourth-order valence-electron chi connectivity index (χ4n) is 3.32. The zero-order valence-corrected chi connectivity index (χ0v) is 11.7. The number of fused-ring (bicyclic) bond motifs is 3. The van der Waals surface area contributed by atoms with Gasteiger partial charge in [-0.3, -0.25) is 0 Å². The van der Waals surface area contributed by atoms with Gasteiger partial charge in [0.05, 0.1) is 0 Å². The van der Waals surface area contributed by atoms with Gasteiger partial charge in [-0.05, 0) is 21.9 Å². The smallest absolute Gasteiger partial charge is 0.119 e. The summed E-state index contributed by atoms with van der Waals surface area (Å²) in [6.07, 6.45) is 4.78. The fourth-order valence-corrected chi connectivity index (χ4v) is 3.32. The molecule has 3 aromatic rings. The van der Waals surface area contributed by atoms with Crippen LogP contribution < -0.4 is 0 Å². The van der Waals surface area contributed by atoms with Gasteiger partial charge in [0.2, 0.25) is 0 Å². The summed E-state index contributed by atoms with van der Waals surface area (Å²) in [6.45, 7) is 0. The fraction of sp³-hybridized carbons (Fsp3) is 0.100. The molecule has 0 spiro atoms. The number of aliphatic hydroxyl groups is 1. The Morgan fingerprint density at radius 3 is 2.43 bits per heavy atom. The van der Waals surface area contributed by atoms with Crippen LogP contribution in [0, 0.1) is 0 Å². The van der Waals surface area contributed by atoms with Crippen LogP contribution in [0.5, 0.6) is 0 Å². The second kappa shape index (κ2) is 4.57. The van der Waals surface area contributed by atoms with E-state index in [0.29, 0.717) is 6.42 Å². The van der Waals surface area contributed by atoms with Crippen molar-refractivity contribution in [2.75, 3.05) is 0 Å². The molecule has 21 heavy (non-hydrogen) atoms. The van der Waals surface area contributed by atoms with E-state index in [2.05, 4.69) is 36.4 Å². The maximum absolute atomic E-state index is 11.4. The van der Waals surface area contributed by atoms with Crippen LogP contribution >= 0.6 is 0 Å². The molecule has 0 saturated carbocycles. The molecule has 1 heteroatoms. The van der Waals surface area contributed by atoms with Crippen molar-refractivity contribution in [2.45, 2.75) is 12.0 Å². The summed E-state index contributed by atoms with van der Waals surface area (Å²) >= 11 is 0. The van der Waals surface area contributed by atoms with E-state index < -0.39 is 5.60 Å². The quantitative estimate of drug-likeness (QED) is 0.692. The van der Waals surface area contributed by atoms with Crippen LogP contribution in [0.3, 0.4) is 0 Å². The lowest BCUT2D eigenvalue weighted by Gasteiger charge is -2.33. The molecule has 0 fully saturated rings. The standard InChI is InChI=1S/C20H16O/c21-20(17-9-2-1-3-10-17)14-6-8-16-13-12-15-7-4-5-11-18(15)19(16)20/h1-13,21H,14H2. The van der Waals surface area contributed by atoms with Crippen molar-refractivity contribution in [2.24, 2.45) is 0 Å². The Morgan fingerprint density at radius 2 is 1.57 bits per heavy atom. The van der Waals surface area contributed by atoms with Crippen molar-refractivity contribution in [1.29, 1.82) is 0 Å². The Bertz CT molecular complexity index is 833. The molecule has 0 heterocycles. The van der Waals surface area contributed by atoms with E-state index in [0.717, 1.165) is 22.1 Å². The van der Waals surface area contributed by atoms with Gasteiger partial charge in [-0.1, -0.05) is 78.9 Å². The molecular formula is C20H16O. The Morgan fingerprint density at radius 1 is 0.810 bits per heavy atom. The molecule has 0 aromatic heterocycles. The molecule has 1 nitrogen and oxygen atoms in total. The average Bonchev–Trinajstić information content (AvgIpc) is 2.55. The van der Waals surface area contributed by atoms with Crippen molar-refractivity contribution in [1.82, 2.24) is 0 Å². The number of benzene rings is 3. The van der Waals surface area contributed by atoms with Gasteiger partial charge >= 0.3 is 0 Å². The molecule has 0 bridgehead atoms. The Balaban J connectivity index is 2.07. The normalized spacial score (nSPS) is 20.4. The maximum Gasteiger partial charge on any atom is 0.119 e. The Hall–Kier alpha value is -2.38. The average molecular weight is 272 g/mol. The van der Waals surface area contributed by atoms with Crippen LogP contribution in [-0.4, -0.2) is 5.11 Å². The van der Waals surface area contributed by atoms with E-state index in [4.69, 9.17) is 0 Å². The van der Waals surface area contributed by atoms with E-state index in [1.54, 1.807) is 0 Å². The van der Waals surface area contributed by atoms with Crippen molar-refractivity contribution in [3.05, 3.63) is 89.5 Å². The van der Waals surface area contributed by atoms with Crippen LogP contribution in [0.15, 0.2) is 72.8 Å². The highest BCUT2D eigenvalue weighted by Gasteiger charge is 2.35.